The standard InChI is InChI=1S/C27H32N6O4/c1-2-37-27(36)30-23-5-3-4-21(16-23)18-33-26(35)11-10-24(31-33)22-8-6-20(7-9-22)17-29-25(34)19-32-14-12-28-13-15-32/h3-11,16,28H,2,12-15,17-19H2,1H3,(H,29,34)(H,30,36). The molecule has 2 amide bonds. The number of ether oxygens (including phenoxy) is 1. The fourth-order valence-electron chi connectivity index (χ4n) is 4.04. The van der Waals surface area contributed by atoms with Gasteiger partial charge in [0.2, 0.25) is 5.91 Å². The van der Waals surface area contributed by atoms with Crippen LogP contribution in [0, 0.1) is 0 Å². The van der Waals surface area contributed by atoms with Crippen molar-refractivity contribution in [3.63, 3.8) is 0 Å². The summed E-state index contributed by atoms with van der Waals surface area (Å²) in [6.45, 7) is 6.72. The Hall–Kier alpha value is -4.02. The van der Waals surface area contributed by atoms with Crippen LogP contribution in [-0.2, 0) is 22.6 Å². The SMILES string of the molecule is CCOC(=O)Nc1cccc(Cn2nc(-c3ccc(CNC(=O)CN4CCNCC4)cc3)ccc2=O)c1. The molecule has 1 aliphatic heterocycles. The molecular weight excluding hydrogens is 472 g/mol. The molecule has 1 fully saturated rings. The Morgan fingerprint density at radius 3 is 2.57 bits per heavy atom. The molecular formula is C27H32N6O4. The minimum Gasteiger partial charge on any atom is -0.450 e. The second-order valence-electron chi connectivity index (χ2n) is 8.76. The summed E-state index contributed by atoms with van der Waals surface area (Å²) in [5.41, 5.74) is 3.67. The maximum absolute atomic E-state index is 12.5. The molecule has 1 saturated heterocycles. The number of aromatic nitrogens is 2. The largest absolute Gasteiger partial charge is 0.450 e. The van der Waals surface area contributed by atoms with Crippen molar-refractivity contribution in [1.29, 1.82) is 0 Å². The highest BCUT2D eigenvalue weighted by atomic mass is 16.5. The average molecular weight is 505 g/mol. The van der Waals surface area contributed by atoms with Crippen molar-refractivity contribution in [1.82, 2.24) is 25.3 Å². The van der Waals surface area contributed by atoms with E-state index in [4.69, 9.17) is 4.74 Å². The van der Waals surface area contributed by atoms with Gasteiger partial charge in [-0.2, -0.15) is 5.10 Å². The molecule has 2 aromatic carbocycles. The highest BCUT2D eigenvalue weighted by molar-refractivity contribution is 5.84. The number of nitrogens with one attached hydrogen (secondary N) is 3. The van der Waals surface area contributed by atoms with Crippen LogP contribution < -0.4 is 21.5 Å². The number of carbonyl (C=O) groups is 2. The third-order valence-corrected chi connectivity index (χ3v) is 5.96. The Bertz CT molecular complexity index is 1270. The van der Waals surface area contributed by atoms with Crippen molar-refractivity contribution in [3.05, 3.63) is 82.1 Å². The highest BCUT2D eigenvalue weighted by Gasteiger charge is 2.13. The quantitative estimate of drug-likeness (QED) is 0.408. The van der Waals surface area contributed by atoms with Crippen molar-refractivity contribution in [2.75, 3.05) is 44.6 Å². The molecule has 0 radical (unpaired) electrons. The molecule has 10 nitrogen and oxygen atoms in total. The van der Waals surface area contributed by atoms with Crippen molar-refractivity contribution in [3.8, 4) is 11.3 Å². The van der Waals surface area contributed by atoms with E-state index in [1.165, 1.54) is 10.7 Å². The van der Waals surface area contributed by atoms with Gasteiger partial charge >= 0.3 is 6.09 Å². The van der Waals surface area contributed by atoms with E-state index in [-0.39, 0.29) is 24.6 Å². The van der Waals surface area contributed by atoms with Crippen molar-refractivity contribution in [2.45, 2.75) is 20.0 Å². The summed E-state index contributed by atoms with van der Waals surface area (Å²) in [6, 6.07) is 18.1. The van der Waals surface area contributed by atoms with Gasteiger partial charge in [-0.1, -0.05) is 36.4 Å². The first-order chi connectivity index (χ1) is 18.0. The van der Waals surface area contributed by atoms with E-state index in [0.29, 0.717) is 24.5 Å². The van der Waals surface area contributed by atoms with Gasteiger partial charge < -0.3 is 15.4 Å². The Balaban J connectivity index is 1.37. The summed E-state index contributed by atoms with van der Waals surface area (Å²) in [5.74, 6) is 0.0150. The summed E-state index contributed by atoms with van der Waals surface area (Å²) in [6.07, 6.45) is -0.528. The Morgan fingerprint density at radius 2 is 1.81 bits per heavy atom. The number of hydrogen-bond acceptors (Lipinski definition) is 7. The molecule has 3 aromatic rings. The maximum Gasteiger partial charge on any atom is 0.411 e. The van der Waals surface area contributed by atoms with Crippen molar-refractivity contribution < 1.29 is 14.3 Å². The van der Waals surface area contributed by atoms with Gasteiger partial charge in [0.25, 0.3) is 5.56 Å². The molecule has 1 aliphatic rings. The van der Waals surface area contributed by atoms with Gasteiger partial charge in [-0.05, 0) is 36.2 Å². The molecule has 37 heavy (non-hydrogen) atoms. The average Bonchev–Trinajstić information content (AvgIpc) is 2.90. The van der Waals surface area contributed by atoms with Gasteiger partial charge in [-0.25, -0.2) is 9.48 Å². The molecule has 0 saturated carbocycles. The number of amides is 2. The zero-order valence-corrected chi connectivity index (χ0v) is 20.9. The van der Waals surface area contributed by atoms with Gasteiger partial charge in [0, 0.05) is 50.0 Å². The van der Waals surface area contributed by atoms with Crippen LogP contribution in [0.3, 0.4) is 0 Å². The Morgan fingerprint density at radius 1 is 1.03 bits per heavy atom. The maximum atomic E-state index is 12.5. The van der Waals surface area contributed by atoms with E-state index in [1.807, 2.05) is 30.3 Å². The van der Waals surface area contributed by atoms with Crippen LogP contribution in [0.4, 0.5) is 10.5 Å². The third kappa shape index (κ3) is 7.73. The minimum atomic E-state index is -0.528. The van der Waals surface area contributed by atoms with Gasteiger partial charge in [-0.3, -0.25) is 19.8 Å². The van der Waals surface area contributed by atoms with Crippen molar-refractivity contribution in [2.24, 2.45) is 0 Å². The van der Waals surface area contributed by atoms with Crippen LogP contribution in [0.15, 0.2) is 65.5 Å². The van der Waals surface area contributed by atoms with Crippen molar-refractivity contribution >= 4 is 17.7 Å². The molecule has 194 valence electrons. The molecule has 3 N–H and O–H groups in total. The number of rotatable bonds is 9. The summed E-state index contributed by atoms with van der Waals surface area (Å²) in [7, 11) is 0. The van der Waals surface area contributed by atoms with Gasteiger partial charge in [0.1, 0.15) is 0 Å². The normalized spacial score (nSPS) is 13.6. The Labute approximate surface area is 215 Å². The van der Waals surface area contributed by atoms with E-state index in [9.17, 15) is 14.4 Å². The monoisotopic (exact) mass is 504 g/mol. The minimum absolute atomic E-state index is 0.0150. The fraction of sp³-hybridized carbons (Fsp3) is 0.333. The molecule has 1 aromatic heterocycles. The topological polar surface area (TPSA) is 118 Å². The zero-order valence-electron chi connectivity index (χ0n) is 20.9. The smallest absolute Gasteiger partial charge is 0.411 e. The van der Waals surface area contributed by atoms with Gasteiger partial charge in [0.15, 0.2) is 0 Å². The first-order valence-electron chi connectivity index (χ1n) is 12.4. The van der Waals surface area contributed by atoms with Gasteiger partial charge in [-0.15, -0.1) is 0 Å². The lowest BCUT2D eigenvalue weighted by Gasteiger charge is -2.26. The molecule has 0 aliphatic carbocycles. The fourth-order valence-corrected chi connectivity index (χ4v) is 4.04. The lowest BCUT2D eigenvalue weighted by Crippen LogP contribution is -2.47. The van der Waals surface area contributed by atoms with Crippen LogP contribution in [0.2, 0.25) is 0 Å². The second kappa shape index (κ2) is 12.8. The van der Waals surface area contributed by atoms with E-state index in [0.717, 1.165) is 42.9 Å². The lowest BCUT2D eigenvalue weighted by atomic mass is 10.1. The molecule has 10 heteroatoms. The predicted octanol–water partition coefficient (Wildman–Crippen LogP) is 2.05. The molecule has 4 rings (SSSR count). The number of carbonyl (C=O) groups excluding carboxylic acids is 2. The molecule has 0 bridgehead atoms. The van der Waals surface area contributed by atoms with E-state index < -0.39 is 6.09 Å². The summed E-state index contributed by atoms with van der Waals surface area (Å²) < 4.78 is 6.30. The predicted molar refractivity (Wildman–Crippen MR) is 141 cm³/mol. The number of nitrogens with zero attached hydrogens (tertiary/aromatic N) is 3. The first-order valence-corrected chi connectivity index (χ1v) is 12.4. The highest BCUT2D eigenvalue weighted by Crippen LogP contribution is 2.17. The Kier molecular flexibility index (Phi) is 9.01. The van der Waals surface area contributed by atoms with Crippen LogP contribution >= 0.6 is 0 Å². The first kappa shape index (κ1) is 26.1. The summed E-state index contributed by atoms with van der Waals surface area (Å²) >= 11 is 0. The van der Waals surface area contributed by atoms with Crippen LogP contribution in [0.5, 0.6) is 0 Å². The number of anilines is 1. The molecule has 0 spiro atoms. The van der Waals surface area contributed by atoms with Gasteiger partial charge in [0.05, 0.1) is 25.4 Å². The number of hydrogen-bond donors (Lipinski definition) is 3. The van der Waals surface area contributed by atoms with Crippen LogP contribution in [-0.4, -0.2) is 66.0 Å². The molecule has 0 atom stereocenters. The second-order valence-corrected chi connectivity index (χ2v) is 8.76. The molecule has 0 unspecified atom stereocenters. The van der Waals surface area contributed by atoms with E-state index >= 15 is 0 Å². The van der Waals surface area contributed by atoms with E-state index in [2.05, 4.69) is 25.9 Å². The summed E-state index contributed by atoms with van der Waals surface area (Å²) in [5, 5.41) is 13.5. The number of benzene rings is 2. The third-order valence-electron chi connectivity index (χ3n) is 5.96. The zero-order chi connectivity index (χ0) is 26.0. The van der Waals surface area contributed by atoms with E-state index in [1.54, 1.807) is 31.2 Å². The lowest BCUT2D eigenvalue weighted by molar-refractivity contribution is -0.122. The van der Waals surface area contributed by atoms with Crippen LogP contribution in [0.1, 0.15) is 18.1 Å². The number of piperazine rings is 1. The molecule has 2 heterocycles. The summed E-state index contributed by atoms with van der Waals surface area (Å²) in [4.78, 5) is 38.6. The van der Waals surface area contributed by atoms with Crippen LogP contribution in [0.25, 0.3) is 11.3 Å².